The van der Waals surface area contributed by atoms with Crippen LogP contribution in [0.3, 0.4) is 0 Å². The lowest BCUT2D eigenvalue weighted by Gasteiger charge is -2.14. The van der Waals surface area contributed by atoms with Gasteiger partial charge in [0.25, 0.3) is 0 Å². The predicted molar refractivity (Wildman–Crippen MR) is 183 cm³/mol. The molecule has 0 aliphatic heterocycles. The second kappa shape index (κ2) is 15.6. The van der Waals surface area contributed by atoms with Crippen molar-refractivity contribution < 1.29 is 0 Å². The molecule has 0 radical (unpaired) electrons. The Morgan fingerprint density at radius 3 is 0.976 bits per heavy atom. The number of nitrogen functional groups attached to an aromatic ring is 2. The number of hydrogen-bond acceptors (Lipinski definition) is 2. The molecule has 0 aromatic heterocycles. The lowest BCUT2D eigenvalue weighted by atomic mass is 9.92. The molecule has 0 bridgehead atoms. The summed E-state index contributed by atoms with van der Waals surface area (Å²) < 4.78 is 0. The first-order valence-corrected chi connectivity index (χ1v) is 16.2. The number of rotatable bonds is 15. The molecule has 0 aliphatic carbocycles. The average molecular weight is 561 g/mol. The molecule has 0 saturated carbocycles. The highest BCUT2D eigenvalue weighted by molar-refractivity contribution is 5.44. The van der Waals surface area contributed by atoms with E-state index in [1.54, 1.807) is 11.1 Å². The maximum Gasteiger partial charge on any atom is 0.0314 e. The van der Waals surface area contributed by atoms with Gasteiger partial charge in [-0.2, -0.15) is 0 Å². The van der Waals surface area contributed by atoms with Gasteiger partial charge in [-0.25, -0.2) is 0 Å². The van der Waals surface area contributed by atoms with Gasteiger partial charge in [0.15, 0.2) is 0 Å². The van der Waals surface area contributed by atoms with Crippen LogP contribution in [0.25, 0.3) is 0 Å². The summed E-state index contributed by atoms with van der Waals surface area (Å²) in [5.41, 5.74) is 27.7. The molecule has 0 heterocycles. The van der Waals surface area contributed by atoms with E-state index < -0.39 is 0 Å². The number of unbranched alkanes of at least 4 members (excludes halogenated alkanes) is 7. The molecule has 4 aromatic carbocycles. The molecule has 4 rings (SSSR count). The van der Waals surface area contributed by atoms with Crippen LogP contribution in [0, 0.1) is 27.7 Å². The van der Waals surface area contributed by atoms with Crippen molar-refractivity contribution in [3.63, 3.8) is 0 Å². The topological polar surface area (TPSA) is 52.0 Å². The molecule has 0 atom stereocenters. The Kier molecular flexibility index (Phi) is 11.7. The van der Waals surface area contributed by atoms with Gasteiger partial charge in [0.2, 0.25) is 0 Å². The second-order valence-electron chi connectivity index (χ2n) is 12.6. The number of benzene rings is 4. The summed E-state index contributed by atoms with van der Waals surface area (Å²) in [5, 5.41) is 0. The number of hydrogen-bond donors (Lipinski definition) is 2. The van der Waals surface area contributed by atoms with Gasteiger partial charge in [0.1, 0.15) is 0 Å². The van der Waals surface area contributed by atoms with Crippen LogP contribution in [0.1, 0.15) is 107 Å². The molecule has 222 valence electrons. The lowest BCUT2D eigenvalue weighted by Crippen LogP contribution is -1.99. The number of nitrogens with two attached hydrogens (primary N) is 2. The van der Waals surface area contributed by atoms with Crippen LogP contribution < -0.4 is 11.5 Å². The Bertz CT molecular complexity index is 1260. The Hall–Kier alpha value is -3.52. The minimum Gasteiger partial charge on any atom is -0.399 e. The van der Waals surface area contributed by atoms with Crippen LogP contribution in [0.5, 0.6) is 0 Å². The van der Waals surface area contributed by atoms with Gasteiger partial charge in [-0.1, -0.05) is 87.1 Å². The predicted octanol–water partition coefficient (Wildman–Crippen LogP) is 10.2. The molecule has 0 aliphatic rings. The van der Waals surface area contributed by atoms with Crippen LogP contribution in [0.4, 0.5) is 11.4 Å². The van der Waals surface area contributed by atoms with E-state index in [-0.39, 0.29) is 0 Å². The molecule has 0 amide bonds. The zero-order valence-electron chi connectivity index (χ0n) is 26.6. The third-order valence-electron chi connectivity index (χ3n) is 8.89. The maximum atomic E-state index is 5.84. The number of aryl methyl sites for hydroxylation is 4. The van der Waals surface area contributed by atoms with Gasteiger partial charge in [0.05, 0.1) is 0 Å². The lowest BCUT2D eigenvalue weighted by molar-refractivity contribution is 0.566. The van der Waals surface area contributed by atoms with Crippen molar-refractivity contribution in [3.05, 3.63) is 128 Å². The highest BCUT2D eigenvalue weighted by Gasteiger charge is 2.08. The minimum atomic E-state index is 0.829. The third-order valence-corrected chi connectivity index (χ3v) is 8.89. The van der Waals surface area contributed by atoms with E-state index in [0.717, 1.165) is 24.2 Å². The van der Waals surface area contributed by atoms with Crippen LogP contribution in [-0.2, 0) is 25.7 Å². The number of anilines is 2. The van der Waals surface area contributed by atoms with Crippen molar-refractivity contribution in [1.82, 2.24) is 0 Å². The van der Waals surface area contributed by atoms with E-state index in [4.69, 9.17) is 11.5 Å². The standard InChI is InChI=1S/C40H52N2/c1-29-23-35(27-33-15-19-37(41)20-16-33)24-30(2)39(29)13-11-9-7-5-6-8-10-12-14-40-31(3)25-36(26-32(40)4)28-34-17-21-38(42)22-18-34/h15-26H,5-14,27-28,41-42H2,1-4H3. The van der Waals surface area contributed by atoms with Crippen LogP contribution >= 0.6 is 0 Å². The van der Waals surface area contributed by atoms with Gasteiger partial charge >= 0.3 is 0 Å². The van der Waals surface area contributed by atoms with Gasteiger partial charge in [-0.15, -0.1) is 0 Å². The van der Waals surface area contributed by atoms with Crippen LogP contribution in [-0.4, -0.2) is 0 Å². The fourth-order valence-corrected chi connectivity index (χ4v) is 6.57. The fraction of sp³-hybridized carbons (Fsp3) is 0.400. The Balaban J connectivity index is 1.09. The maximum absolute atomic E-state index is 5.84. The molecule has 4 aromatic rings. The molecule has 2 nitrogen and oxygen atoms in total. The van der Waals surface area contributed by atoms with Crippen molar-refractivity contribution >= 4 is 11.4 Å². The summed E-state index contributed by atoms with van der Waals surface area (Å²) in [4.78, 5) is 0. The summed E-state index contributed by atoms with van der Waals surface area (Å²) in [6.45, 7) is 9.14. The fourth-order valence-electron chi connectivity index (χ4n) is 6.57. The molecular formula is C40H52N2. The van der Waals surface area contributed by atoms with Crippen molar-refractivity contribution in [3.8, 4) is 0 Å². The first-order chi connectivity index (χ1) is 20.3. The van der Waals surface area contributed by atoms with Gasteiger partial charge < -0.3 is 11.5 Å². The minimum absolute atomic E-state index is 0.829. The van der Waals surface area contributed by atoms with Crippen LogP contribution in [0.2, 0.25) is 0 Å². The smallest absolute Gasteiger partial charge is 0.0314 e. The largest absolute Gasteiger partial charge is 0.399 e. The van der Waals surface area contributed by atoms with E-state index in [1.165, 1.54) is 109 Å². The average Bonchev–Trinajstić information content (AvgIpc) is 2.94. The van der Waals surface area contributed by atoms with E-state index in [2.05, 4.69) is 76.2 Å². The van der Waals surface area contributed by atoms with E-state index in [0.29, 0.717) is 0 Å². The molecule has 0 saturated heterocycles. The second-order valence-corrected chi connectivity index (χ2v) is 12.6. The first kappa shape index (κ1) is 31.4. The molecule has 2 heteroatoms. The van der Waals surface area contributed by atoms with Crippen molar-refractivity contribution in [1.29, 1.82) is 0 Å². The monoisotopic (exact) mass is 560 g/mol. The first-order valence-electron chi connectivity index (χ1n) is 16.2. The van der Waals surface area contributed by atoms with Crippen LogP contribution in [0.15, 0.2) is 72.8 Å². The summed E-state index contributed by atoms with van der Waals surface area (Å²) in [6, 6.07) is 26.1. The molecule has 0 fully saturated rings. The summed E-state index contributed by atoms with van der Waals surface area (Å²) in [7, 11) is 0. The molecule has 42 heavy (non-hydrogen) atoms. The van der Waals surface area contributed by atoms with Crippen molar-refractivity contribution in [2.75, 3.05) is 11.5 Å². The molecule has 0 unspecified atom stereocenters. The van der Waals surface area contributed by atoms with Gasteiger partial charge in [-0.05, 0) is 146 Å². The van der Waals surface area contributed by atoms with Crippen molar-refractivity contribution in [2.24, 2.45) is 0 Å². The summed E-state index contributed by atoms with van der Waals surface area (Å²) in [5.74, 6) is 0. The highest BCUT2D eigenvalue weighted by Crippen LogP contribution is 2.24. The summed E-state index contributed by atoms with van der Waals surface area (Å²) in [6.07, 6.45) is 15.1. The van der Waals surface area contributed by atoms with Gasteiger partial charge in [-0.3, -0.25) is 0 Å². The Morgan fingerprint density at radius 1 is 0.381 bits per heavy atom. The SMILES string of the molecule is Cc1cc(Cc2ccc(N)cc2)cc(C)c1CCCCCCCCCCc1c(C)cc(Cc2ccc(N)cc2)cc1C. The Morgan fingerprint density at radius 2 is 0.667 bits per heavy atom. The Labute approximate surface area is 255 Å². The van der Waals surface area contributed by atoms with Crippen molar-refractivity contribution in [2.45, 2.75) is 105 Å². The normalized spacial score (nSPS) is 11.2. The van der Waals surface area contributed by atoms with Gasteiger partial charge in [0, 0.05) is 11.4 Å². The third kappa shape index (κ3) is 9.51. The van der Waals surface area contributed by atoms with E-state index >= 15 is 0 Å². The molecule has 0 spiro atoms. The molecular weight excluding hydrogens is 508 g/mol. The zero-order valence-corrected chi connectivity index (χ0v) is 26.6. The molecule has 4 N–H and O–H groups in total. The highest BCUT2D eigenvalue weighted by atomic mass is 14.5. The summed E-state index contributed by atoms with van der Waals surface area (Å²) >= 11 is 0. The van der Waals surface area contributed by atoms with E-state index in [1.807, 2.05) is 24.3 Å². The van der Waals surface area contributed by atoms with E-state index in [9.17, 15) is 0 Å². The zero-order chi connectivity index (χ0) is 29.9. The quantitative estimate of drug-likeness (QED) is 0.112.